The van der Waals surface area contributed by atoms with E-state index in [1.165, 1.54) is 0 Å². The van der Waals surface area contributed by atoms with E-state index in [1.54, 1.807) is 0 Å². The van der Waals surface area contributed by atoms with Gasteiger partial charge in [-0.05, 0) is 44.0 Å². The molecule has 2 N–H and O–H groups in total. The quantitative estimate of drug-likeness (QED) is 0.792. The Morgan fingerprint density at radius 2 is 2.04 bits per heavy atom. The Morgan fingerprint density at radius 3 is 2.70 bits per heavy atom. The Morgan fingerprint density at radius 1 is 1.35 bits per heavy atom. The molecule has 1 unspecified atom stereocenters. The molecule has 1 aliphatic rings. The van der Waals surface area contributed by atoms with E-state index in [-0.39, 0.29) is 30.7 Å². The van der Waals surface area contributed by atoms with E-state index in [9.17, 15) is 4.79 Å². The van der Waals surface area contributed by atoms with Crippen LogP contribution in [-0.4, -0.2) is 48.9 Å². The fourth-order valence-electron chi connectivity index (χ4n) is 2.94. The molecule has 1 aromatic rings. The van der Waals surface area contributed by atoms with E-state index >= 15 is 0 Å². The smallest absolute Gasteiger partial charge is 0.222 e. The second kappa shape index (κ2) is 10.7. The summed E-state index contributed by atoms with van der Waals surface area (Å²) in [4.78, 5) is 16.6. The van der Waals surface area contributed by atoms with E-state index < -0.39 is 0 Å². The highest BCUT2D eigenvalue weighted by Crippen LogP contribution is 2.19. The third kappa shape index (κ3) is 6.58. The van der Waals surface area contributed by atoms with Crippen LogP contribution in [0, 0.1) is 5.92 Å². The standard InChI is InChI=1S/C17H27N3O.2ClH/c1-3-19(2)12-14-10-11-20(13-14)17(21)9-8-15-6-4-5-7-16(15)18;;/h4-7,14H,3,8-13,18H2,1-2H3;2*1H. The van der Waals surface area contributed by atoms with Crippen LogP contribution in [-0.2, 0) is 11.2 Å². The predicted octanol–water partition coefficient (Wildman–Crippen LogP) is 2.85. The molecule has 0 radical (unpaired) electrons. The van der Waals surface area contributed by atoms with E-state index in [1.807, 2.05) is 29.2 Å². The van der Waals surface area contributed by atoms with Gasteiger partial charge in [0, 0.05) is 31.7 Å². The average molecular weight is 362 g/mol. The fourth-order valence-corrected chi connectivity index (χ4v) is 2.94. The summed E-state index contributed by atoms with van der Waals surface area (Å²) in [6.45, 7) is 6.14. The highest BCUT2D eigenvalue weighted by Gasteiger charge is 2.26. The molecule has 1 saturated heterocycles. The second-order valence-electron chi connectivity index (χ2n) is 6.05. The van der Waals surface area contributed by atoms with Crippen molar-refractivity contribution >= 4 is 36.4 Å². The Hall–Kier alpha value is -0.970. The van der Waals surface area contributed by atoms with Crippen LogP contribution in [0.2, 0.25) is 0 Å². The molecule has 1 atom stereocenters. The van der Waals surface area contributed by atoms with Crippen molar-refractivity contribution in [2.45, 2.75) is 26.2 Å². The fraction of sp³-hybridized carbons (Fsp3) is 0.588. The summed E-state index contributed by atoms with van der Waals surface area (Å²) in [5.41, 5.74) is 7.78. The summed E-state index contributed by atoms with van der Waals surface area (Å²) in [7, 11) is 2.14. The van der Waals surface area contributed by atoms with Gasteiger partial charge < -0.3 is 15.5 Å². The van der Waals surface area contributed by atoms with Crippen LogP contribution in [0.3, 0.4) is 0 Å². The van der Waals surface area contributed by atoms with Crippen LogP contribution in [0.15, 0.2) is 24.3 Å². The largest absolute Gasteiger partial charge is 0.399 e. The number of hydrogen-bond acceptors (Lipinski definition) is 3. The average Bonchev–Trinajstić information content (AvgIpc) is 2.94. The number of aryl methyl sites for hydroxylation is 1. The molecule has 1 aromatic carbocycles. The number of para-hydroxylation sites is 1. The van der Waals surface area contributed by atoms with E-state index in [0.717, 1.165) is 50.3 Å². The Balaban J connectivity index is 0.00000242. The van der Waals surface area contributed by atoms with Crippen LogP contribution in [0.1, 0.15) is 25.3 Å². The third-order valence-corrected chi connectivity index (χ3v) is 4.41. The Kier molecular flexibility index (Phi) is 10.3. The first-order valence-corrected chi connectivity index (χ1v) is 7.89. The van der Waals surface area contributed by atoms with Crippen LogP contribution in [0.4, 0.5) is 5.69 Å². The normalized spacial score (nSPS) is 16.8. The monoisotopic (exact) mass is 361 g/mol. The molecule has 0 aromatic heterocycles. The molecule has 1 heterocycles. The summed E-state index contributed by atoms with van der Waals surface area (Å²) in [6, 6.07) is 7.80. The van der Waals surface area contributed by atoms with Gasteiger partial charge in [0.25, 0.3) is 0 Å². The zero-order chi connectivity index (χ0) is 15.2. The molecule has 2 rings (SSSR count). The minimum atomic E-state index is 0. The lowest BCUT2D eigenvalue weighted by molar-refractivity contribution is -0.130. The van der Waals surface area contributed by atoms with Gasteiger partial charge in [0.15, 0.2) is 0 Å². The number of carbonyl (C=O) groups excluding carboxylic acids is 1. The number of hydrogen-bond donors (Lipinski definition) is 1. The lowest BCUT2D eigenvalue weighted by Crippen LogP contribution is -2.31. The number of benzene rings is 1. The number of nitrogens with zero attached hydrogens (tertiary/aromatic N) is 2. The molecule has 1 amide bonds. The minimum absolute atomic E-state index is 0. The SMILES string of the molecule is CCN(C)CC1CCN(C(=O)CCc2ccccc2N)C1.Cl.Cl. The van der Waals surface area contributed by atoms with Crippen molar-refractivity contribution in [2.75, 3.05) is 39.0 Å². The van der Waals surface area contributed by atoms with Crippen LogP contribution >= 0.6 is 24.8 Å². The van der Waals surface area contributed by atoms with Gasteiger partial charge in [-0.25, -0.2) is 0 Å². The summed E-state index contributed by atoms with van der Waals surface area (Å²) < 4.78 is 0. The van der Waals surface area contributed by atoms with Crippen LogP contribution in [0.5, 0.6) is 0 Å². The lowest BCUT2D eigenvalue weighted by Gasteiger charge is -2.20. The zero-order valence-electron chi connectivity index (χ0n) is 14.0. The summed E-state index contributed by atoms with van der Waals surface area (Å²) in [6.07, 6.45) is 2.43. The highest BCUT2D eigenvalue weighted by molar-refractivity contribution is 5.85. The van der Waals surface area contributed by atoms with Crippen molar-refractivity contribution in [3.8, 4) is 0 Å². The predicted molar refractivity (Wildman–Crippen MR) is 102 cm³/mol. The number of likely N-dealkylation sites (tertiary alicyclic amines) is 1. The molecule has 4 nitrogen and oxygen atoms in total. The van der Waals surface area contributed by atoms with E-state index in [4.69, 9.17) is 5.73 Å². The van der Waals surface area contributed by atoms with Crippen molar-refractivity contribution < 1.29 is 4.79 Å². The molecule has 23 heavy (non-hydrogen) atoms. The number of nitrogens with two attached hydrogens (primary N) is 1. The maximum Gasteiger partial charge on any atom is 0.222 e. The molecule has 1 fully saturated rings. The van der Waals surface area contributed by atoms with Gasteiger partial charge in [-0.1, -0.05) is 25.1 Å². The first-order chi connectivity index (χ1) is 10.1. The molecule has 1 aliphatic heterocycles. The molecule has 0 saturated carbocycles. The topological polar surface area (TPSA) is 49.6 Å². The number of nitrogen functional groups attached to an aromatic ring is 1. The maximum atomic E-state index is 12.3. The van der Waals surface area contributed by atoms with Crippen LogP contribution in [0.25, 0.3) is 0 Å². The van der Waals surface area contributed by atoms with Gasteiger partial charge in [0.1, 0.15) is 0 Å². The minimum Gasteiger partial charge on any atom is -0.399 e. The molecule has 132 valence electrons. The first kappa shape index (κ1) is 22.0. The Bertz CT molecular complexity index is 485. The number of rotatable bonds is 6. The van der Waals surface area contributed by atoms with Gasteiger partial charge in [0.2, 0.25) is 5.91 Å². The van der Waals surface area contributed by atoms with Crippen molar-refractivity contribution in [1.82, 2.24) is 9.80 Å². The van der Waals surface area contributed by atoms with Crippen LogP contribution < -0.4 is 5.73 Å². The second-order valence-corrected chi connectivity index (χ2v) is 6.05. The maximum absolute atomic E-state index is 12.3. The van der Waals surface area contributed by atoms with Crippen molar-refractivity contribution in [1.29, 1.82) is 0 Å². The molecular weight excluding hydrogens is 333 g/mol. The summed E-state index contributed by atoms with van der Waals surface area (Å²) in [5, 5.41) is 0. The number of carbonyl (C=O) groups is 1. The van der Waals surface area contributed by atoms with Crippen molar-refractivity contribution in [3.05, 3.63) is 29.8 Å². The molecular formula is C17H29Cl2N3O. The van der Waals surface area contributed by atoms with Gasteiger partial charge in [0.05, 0.1) is 0 Å². The summed E-state index contributed by atoms with van der Waals surface area (Å²) in [5.74, 6) is 0.889. The number of anilines is 1. The third-order valence-electron chi connectivity index (χ3n) is 4.41. The Labute approximate surface area is 152 Å². The van der Waals surface area contributed by atoms with Gasteiger partial charge in [-0.2, -0.15) is 0 Å². The zero-order valence-corrected chi connectivity index (χ0v) is 15.7. The molecule has 6 heteroatoms. The summed E-state index contributed by atoms with van der Waals surface area (Å²) >= 11 is 0. The number of amides is 1. The first-order valence-electron chi connectivity index (χ1n) is 7.89. The van der Waals surface area contributed by atoms with Gasteiger partial charge in [-0.15, -0.1) is 24.8 Å². The lowest BCUT2D eigenvalue weighted by atomic mass is 10.1. The van der Waals surface area contributed by atoms with Gasteiger partial charge >= 0.3 is 0 Å². The molecule has 0 spiro atoms. The van der Waals surface area contributed by atoms with E-state index in [2.05, 4.69) is 18.9 Å². The van der Waals surface area contributed by atoms with Crippen molar-refractivity contribution in [3.63, 3.8) is 0 Å². The molecule has 0 bridgehead atoms. The molecule has 0 aliphatic carbocycles. The highest BCUT2D eigenvalue weighted by atomic mass is 35.5. The van der Waals surface area contributed by atoms with Gasteiger partial charge in [-0.3, -0.25) is 4.79 Å². The number of halogens is 2. The van der Waals surface area contributed by atoms with Crippen molar-refractivity contribution in [2.24, 2.45) is 5.92 Å². The van der Waals surface area contributed by atoms with E-state index in [0.29, 0.717) is 12.3 Å².